The van der Waals surface area contributed by atoms with Crippen LogP contribution in [-0.4, -0.2) is 212 Å². The number of rotatable bonds is 53. The number of aromatic hydroxyl groups is 1. The number of carboxylic acids is 1. The zero-order chi connectivity index (χ0) is 89.6. The number of aromatic nitrogens is 1. The van der Waals surface area contributed by atoms with Crippen molar-refractivity contribution in [1.29, 1.82) is 5.41 Å². The minimum absolute atomic E-state index is 0.0404. The lowest BCUT2D eigenvalue weighted by molar-refractivity contribution is -0.143. The molecule has 39 nitrogen and oxygen atoms in total. The number of benzene rings is 5. The van der Waals surface area contributed by atoms with E-state index in [2.05, 4.69) is 68.8 Å². The molecule has 13 amide bonds. The Morgan fingerprint density at radius 1 is 0.484 bits per heavy atom. The molecule has 660 valence electrons. The number of phosphoric acid groups is 1. The van der Waals surface area contributed by atoms with Crippen molar-refractivity contribution in [3.63, 3.8) is 0 Å². The van der Waals surface area contributed by atoms with Crippen LogP contribution >= 0.6 is 19.6 Å². The number of carbonyl (C=O) groups excluding carboxylic acids is 13. The number of hydrogen-bond donors (Lipinski definition) is 23. The number of carbonyl (C=O) groups is 14. The quantitative estimate of drug-likeness (QED) is 0.00900. The molecule has 0 aliphatic heterocycles. The van der Waals surface area contributed by atoms with Crippen molar-refractivity contribution in [1.82, 2.24) is 68.8 Å². The molecule has 0 fully saturated rings. The van der Waals surface area contributed by atoms with Crippen LogP contribution < -0.4 is 97.0 Å². The monoisotopic (exact) mass is 1730 g/mol. The number of amides is 13. The Hall–Kier alpha value is -12.5. The molecule has 41 heteroatoms. The molecule has 6 rings (SSSR count). The van der Waals surface area contributed by atoms with Crippen molar-refractivity contribution in [2.24, 2.45) is 34.6 Å². The van der Waals surface area contributed by atoms with E-state index in [1.54, 1.807) is 111 Å². The molecule has 122 heavy (non-hydrogen) atoms. The number of carboxylic acid groups (broad SMARTS) is 1. The maximum absolute atomic E-state index is 15.5. The number of phenols is 1. The van der Waals surface area contributed by atoms with Gasteiger partial charge in [-0.3, -0.25) is 77.5 Å². The molecule has 0 aliphatic carbocycles. The Kier molecular flexibility index (Phi) is 40.2. The summed E-state index contributed by atoms with van der Waals surface area (Å²) in [6, 6.07) is 17.0. The summed E-state index contributed by atoms with van der Waals surface area (Å²) in [6.45, 7) is 3.07. The molecule has 5 aromatic carbocycles. The lowest BCUT2D eigenvalue weighted by Crippen LogP contribution is -2.61. The fraction of sp³-hybridized carbons (Fsp3) is 0.420. The molecule has 0 radical (unpaired) electrons. The molecule has 0 saturated carbocycles. The van der Waals surface area contributed by atoms with E-state index in [4.69, 9.17) is 38.6 Å². The predicted molar refractivity (Wildman–Crippen MR) is 452 cm³/mol. The first-order valence-corrected chi connectivity index (χ1v) is 42.3. The third-order valence-electron chi connectivity index (χ3n) is 19.6. The number of nitrogens with two attached hydrogens (primary N) is 5. The van der Waals surface area contributed by atoms with Gasteiger partial charge in [0.2, 0.25) is 76.8 Å². The largest absolute Gasteiger partial charge is 0.524 e. The second kappa shape index (κ2) is 49.9. The first-order valence-electron chi connectivity index (χ1n) is 39.4. The number of thioether (sulfide) groups is 1. The van der Waals surface area contributed by atoms with Gasteiger partial charge in [-0.2, -0.15) is 11.8 Å². The number of aromatic amines is 1. The number of phenolic OH excluding ortho intramolecular Hbond substituents is 1. The summed E-state index contributed by atoms with van der Waals surface area (Å²) < 4.78 is 16.6. The van der Waals surface area contributed by atoms with E-state index >= 15 is 24.0 Å². The minimum atomic E-state index is -5.07. The average molecular weight is 1730 g/mol. The van der Waals surface area contributed by atoms with E-state index in [-0.39, 0.29) is 99.7 Å². The molecular weight excluding hydrogens is 1620 g/mol. The van der Waals surface area contributed by atoms with Crippen molar-refractivity contribution < 1.29 is 96.2 Å². The molecule has 28 N–H and O–H groups in total. The van der Waals surface area contributed by atoms with Gasteiger partial charge in [0.15, 0.2) is 5.96 Å². The SMILES string of the molecule is CC[C@H](C)[C@H](NC(=O)[C@H](CCSC)NC(=O)[C@H](CC(N)=O)NC(=O)[C@H](CCC(N)=O)NC(=O)[C@H](Cc1ccc(O)cc1)NC(=O)[C@H](Cc1c[nH]c2ccccc12)NC(=O)[C@H](CCCCN)NC(=O)[C@H](Cc1ccc(OP(=O)(O)O)cc1)NC(=O)[C@H](Cc1ccccc1)NC(=O)[C@H](Cc1ccccc1)NC(=O)CN)C(=O)N[C@@H](CCCNC(=N)N)C(=O)O. The lowest BCUT2D eigenvalue weighted by Gasteiger charge is -2.29. The Morgan fingerprint density at radius 3 is 1.37 bits per heavy atom. The van der Waals surface area contributed by atoms with Crippen molar-refractivity contribution in [3.05, 3.63) is 167 Å². The van der Waals surface area contributed by atoms with Crippen LogP contribution in [0.2, 0.25) is 0 Å². The number of hydrogen-bond acceptors (Lipinski definition) is 21. The number of para-hydroxylation sites is 1. The van der Waals surface area contributed by atoms with Crippen LogP contribution in [-0.2, 0) is 104 Å². The van der Waals surface area contributed by atoms with Crippen LogP contribution in [0, 0.1) is 11.3 Å². The molecule has 12 atom stereocenters. The normalized spacial score (nSPS) is 14.2. The van der Waals surface area contributed by atoms with Gasteiger partial charge in [0.25, 0.3) is 0 Å². The Bertz CT molecular complexity index is 4610. The van der Waals surface area contributed by atoms with E-state index in [1.807, 2.05) is 0 Å². The second-order valence-corrected chi connectivity index (χ2v) is 31.2. The highest BCUT2D eigenvalue weighted by Crippen LogP contribution is 2.37. The van der Waals surface area contributed by atoms with E-state index < -0.39 is 202 Å². The van der Waals surface area contributed by atoms with Gasteiger partial charge in [-0.15, -0.1) is 0 Å². The highest BCUT2D eigenvalue weighted by atomic mass is 32.2. The number of H-pyrrole nitrogens is 1. The second-order valence-electron chi connectivity index (χ2n) is 29.1. The molecule has 1 heterocycles. The lowest BCUT2D eigenvalue weighted by atomic mass is 9.97. The van der Waals surface area contributed by atoms with Crippen molar-refractivity contribution >= 4 is 119 Å². The maximum Gasteiger partial charge on any atom is 0.524 e. The summed E-state index contributed by atoms with van der Waals surface area (Å²) in [5.41, 5.74) is 31.0. The van der Waals surface area contributed by atoms with Gasteiger partial charge in [-0.25, -0.2) is 9.36 Å². The number of unbranched alkanes of at least 4 members (excludes halogenated alkanes) is 1. The highest BCUT2D eigenvalue weighted by molar-refractivity contribution is 7.98. The third kappa shape index (κ3) is 34.0. The standard InChI is InChI=1S/C81H110N19O20PS/c1-4-46(2)69(79(114)94-59(80(115)116)23-15-36-88-81(86)87)100-72(107)58(34-37-122-3)93-78(113)65(43-67(85)103)99-71(106)57(32-33-66(84)102)92-75(110)62(40-49-24-28-52(101)29-25-49)97-77(112)64(42-51-45-89-55-21-12-11-20-54(51)55)98-70(105)56(22-13-14-35-82)91-74(109)63(41-50-26-30-53(31-27-50)120-121(117,118)119)96-76(111)61(39-48-18-9-6-10-19-48)95-73(108)60(90-68(104)44-83)38-47-16-7-5-8-17-47/h5-12,16-21,24-31,45-46,56-65,69,89,101H,4,13-15,22-23,32-44,82-83H2,1-3H3,(H2,84,102)(H2,85,103)(H,90,104)(H,91,109)(H,92,110)(H,93,113)(H,94,114)(H,95,108)(H,96,111)(H,97,112)(H,98,105)(H,99,106)(H,100,107)(H,115,116)(H4,86,87,88)(H2,117,118,119)/t46-,56-,57-,58-,59-,60-,61-,62-,63-,64-,65-,69-/m0/s1. The summed E-state index contributed by atoms with van der Waals surface area (Å²) >= 11 is 1.26. The van der Waals surface area contributed by atoms with Gasteiger partial charge in [-0.05, 0) is 128 Å². The van der Waals surface area contributed by atoms with Gasteiger partial charge in [0.1, 0.15) is 78.0 Å². The number of nitrogens with one attached hydrogen (secondary N) is 14. The summed E-state index contributed by atoms with van der Waals surface area (Å²) in [7, 11) is -5.07. The Labute approximate surface area is 708 Å². The molecule has 6 aromatic rings. The minimum Gasteiger partial charge on any atom is -0.508 e. The number of primary amides is 2. The van der Waals surface area contributed by atoms with E-state index in [0.717, 1.165) is 0 Å². The summed E-state index contributed by atoms with van der Waals surface area (Å²) in [5, 5.41) is 59.6. The average Bonchev–Trinajstić information content (AvgIpc) is 1.53. The number of aliphatic carboxylic acids is 1. The molecule has 1 aromatic heterocycles. The van der Waals surface area contributed by atoms with Crippen molar-refractivity contribution in [2.75, 3.05) is 31.6 Å². The molecule has 0 aliphatic rings. The van der Waals surface area contributed by atoms with Gasteiger partial charge >= 0.3 is 13.8 Å². The molecule has 0 spiro atoms. The van der Waals surface area contributed by atoms with Gasteiger partial charge in [0.05, 0.1) is 13.0 Å². The summed E-state index contributed by atoms with van der Waals surface area (Å²) in [5.74, 6) is -15.6. The smallest absolute Gasteiger partial charge is 0.508 e. The van der Waals surface area contributed by atoms with Crippen molar-refractivity contribution in [3.8, 4) is 11.5 Å². The maximum atomic E-state index is 15.5. The van der Waals surface area contributed by atoms with Gasteiger partial charge < -0.3 is 112 Å². The third-order valence-corrected chi connectivity index (χ3v) is 20.7. The van der Waals surface area contributed by atoms with Gasteiger partial charge in [-0.1, -0.05) is 123 Å². The van der Waals surface area contributed by atoms with Crippen LogP contribution in [0.25, 0.3) is 10.9 Å². The first kappa shape index (κ1) is 98.3. The van der Waals surface area contributed by atoms with E-state index in [9.17, 15) is 67.7 Å². The fourth-order valence-electron chi connectivity index (χ4n) is 12.9. The molecule has 0 unspecified atom stereocenters. The van der Waals surface area contributed by atoms with Crippen LogP contribution in [0.5, 0.6) is 11.5 Å². The van der Waals surface area contributed by atoms with Gasteiger partial charge in [0, 0.05) is 62.2 Å². The van der Waals surface area contributed by atoms with Crippen molar-refractivity contribution in [2.45, 2.75) is 177 Å². The van der Waals surface area contributed by atoms with Crippen LogP contribution in [0.4, 0.5) is 0 Å². The van der Waals surface area contributed by atoms with E-state index in [1.165, 1.54) is 60.3 Å². The van der Waals surface area contributed by atoms with Crippen LogP contribution in [0.15, 0.2) is 140 Å². The predicted octanol–water partition coefficient (Wildman–Crippen LogP) is -1.43. The fourth-order valence-corrected chi connectivity index (χ4v) is 13.7. The Balaban J connectivity index is 1.34. The Morgan fingerprint density at radius 2 is 0.902 bits per heavy atom. The molecular formula is C81H110N19O20PS. The first-order chi connectivity index (χ1) is 58.1. The van der Waals surface area contributed by atoms with Crippen LogP contribution in [0.1, 0.15) is 106 Å². The summed E-state index contributed by atoms with van der Waals surface area (Å²) in [4.78, 5) is 221. The number of guanidine groups is 1. The summed E-state index contributed by atoms with van der Waals surface area (Å²) in [6.07, 6.45) is 0.280. The number of phosphoric ester groups is 1. The number of fused-ring (bicyclic) bond motifs is 1. The zero-order valence-electron chi connectivity index (χ0n) is 67.7. The molecule has 0 bridgehead atoms. The van der Waals surface area contributed by atoms with Crippen LogP contribution in [0.3, 0.4) is 0 Å². The highest BCUT2D eigenvalue weighted by Gasteiger charge is 2.39. The topological polar surface area (TPSA) is 660 Å². The zero-order valence-corrected chi connectivity index (χ0v) is 69.4. The molecule has 0 saturated heterocycles. The van der Waals surface area contributed by atoms with E-state index in [0.29, 0.717) is 39.6 Å².